The first-order valence-electron chi connectivity index (χ1n) is 7.78. The van der Waals surface area contributed by atoms with E-state index in [1.807, 2.05) is 24.4 Å². The molecule has 2 aromatic carbocycles. The molecule has 4 heterocycles. The molecule has 0 atom stereocenters. The van der Waals surface area contributed by atoms with Gasteiger partial charge in [0.1, 0.15) is 15.9 Å². The van der Waals surface area contributed by atoms with Crippen molar-refractivity contribution in [2.75, 3.05) is 0 Å². The Hall–Kier alpha value is -2.38. The van der Waals surface area contributed by atoms with Crippen LogP contribution >= 0.6 is 11.3 Å². The molecule has 5 heteroatoms. The van der Waals surface area contributed by atoms with Crippen LogP contribution in [0.1, 0.15) is 0 Å². The van der Waals surface area contributed by atoms with Crippen LogP contribution in [0.2, 0.25) is 0 Å². The van der Waals surface area contributed by atoms with Gasteiger partial charge in [0, 0.05) is 11.7 Å². The average molecular weight is 331 g/mol. The number of aromatic nitrogens is 3. The quantitative estimate of drug-likeness (QED) is 0.243. The average Bonchev–Trinajstić information content (AvgIpc) is 3.18. The molecule has 0 aliphatic heterocycles. The summed E-state index contributed by atoms with van der Waals surface area (Å²) in [7, 11) is 0. The van der Waals surface area contributed by atoms with Crippen molar-refractivity contribution in [2.45, 2.75) is 0 Å². The van der Waals surface area contributed by atoms with Gasteiger partial charge in [-0.25, -0.2) is 0 Å². The van der Waals surface area contributed by atoms with E-state index in [2.05, 4.69) is 51.8 Å². The van der Waals surface area contributed by atoms with Gasteiger partial charge in [-0.3, -0.25) is 9.97 Å². The van der Waals surface area contributed by atoms with Gasteiger partial charge in [-0.15, -0.1) is 41.0 Å². The van der Waals surface area contributed by atoms with Crippen LogP contribution in [0.25, 0.3) is 47.9 Å². The minimum Gasteiger partial charge on any atom is -0.325 e. The molecule has 0 unspecified atom stereocenters. The van der Waals surface area contributed by atoms with E-state index in [0.29, 0.717) is 0 Å². The number of hydrogen-bond acceptors (Lipinski definition) is 3. The van der Waals surface area contributed by atoms with Crippen molar-refractivity contribution in [3.05, 3.63) is 66.9 Å². The molecule has 0 saturated heterocycles. The molecular formula is C20H10LiN3S. The van der Waals surface area contributed by atoms with Crippen LogP contribution in [0, 0.1) is 6.07 Å². The Morgan fingerprint density at radius 1 is 0.920 bits per heavy atom. The number of para-hydroxylation sites is 1. The summed E-state index contributed by atoms with van der Waals surface area (Å²) in [6.07, 6.45) is 1.83. The normalized spacial score (nSPS) is 11.7. The Bertz CT molecular complexity index is 1410. The van der Waals surface area contributed by atoms with Gasteiger partial charge >= 0.3 is 18.9 Å². The fraction of sp³-hybridized carbons (Fsp3) is 0. The third kappa shape index (κ3) is 1.87. The van der Waals surface area contributed by atoms with Gasteiger partial charge in [0.25, 0.3) is 0 Å². The molecule has 0 bridgehead atoms. The molecule has 25 heavy (non-hydrogen) atoms. The second-order valence-electron chi connectivity index (χ2n) is 5.85. The third-order valence-electron chi connectivity index (χ3n) is 4.55. The zero-order valence-corrected chi connectivity index (χ0v) is 14.3. The van der Waals surface area contributed by atoms with E-state index in [1.165, 1.54) is 21.0 Å². The Balaban J connectivity index is 0.00000140. The molecule has 6 rings (SSSR count). The first-order chi connectivity index (χ1) is 11.9. The predicted molar refractivity (Wildman–Crippen MR) is 99.7 cm³/mol. The Kier molecular flexibility index (Phi) is 3.17. The molecular weight excluding hydrogens is 321 g/mol. The van der Waals surface area contributed by atoms with Crippen molar-refractivity contribution in [1.29, 1.82) is 0 Å². The SMILES string of the molecule is [Li+].[c-]1cccc2c1c1nc3c4ncccc4sc3n1c1ccccc21. The van der Waals surface area contributed by atoms with Crippen molar-refractivity contribution >= 4 is 59.2 Å². The summed E-state index contributed by atoms with van der Waals surface area (Å²) in [5, 5.41) is 3.47. The van der Waals surface area contributed by atoms with Crippen molar-refractivity contribution in [2.24, 2.45) is 0 Å². The van der Waals surface area contributed by atoms with Gasteiger partial charge in [0.05, 0.1) is 10.3 Å². The first kappa shape index (κ1) is 14.9. The number of benzene rings is 2. The van der Waals surface area contributed by atoms with E-state index >= 15 is 0 Å². The number of imidazole rings is 1. The van der Waals surface area contributed by atoms with Gasteiger partial charge in [0.2, 0.25) is 0 Å². The molecule has 0 amide bonds. The molecule has 0 aliphatic carbocycles. The minimum atomic E-state index is 0. The maximum Gasteiger partial charge on any atom is 1.00 e. The topological polar surface area (TPSA) is 30.2 Å². The number of thiophene rings is 1. The van der Waals surface area contributed by atoms with E-state index in [0.717, 1.165) is 26.9 Å². The Morgan fingerprint density at radius 3 is 2.76 bits per heavy atom. The molecule has 0 spiro atoms. The smallest absolute Gasteiger partial charge is 0.325 e. The summed E-state index contributed by atoms with van der Waals surface area (Å²) < 4.78 is 3.43. The van der Waals surface area contributed by atoms with E-state index in [-0.39, 0.29) is 18.9 Å². The van der Waals surface area contributed by atoms with Gasteiger partial charge in [0.15, 0.2) is 0 Å². The van der Waals surface area contributed by atoms with Crippen LogP contribution < -0.4 is 18.9 Å². The molecule has 6 aromatic rings. The van der Waals surface area contributed by atoms with Crippen LogP contribution in [0.15, 0.2) is 60.8 Å². The molecule has 4 aromatic heterocycles. The summed E-state index contributed by atoms with van der Waals surface area (Å²) in [5.74, 6) is 0. The fourth-order valence-corrected chi connectivity index (χ4v) is 4.66. The van der Waals surface area contributed by atoms with Gasteiger partial charge < -0.3 is 4.40 Å². The first-order valence-corrected chi connectivity index (χ1v) is 8.60. The van der Waals surface area contributed by atoms with Crippen LogP contribution in [-0.4, -0.2) is 14.4 Å². The summed E-state index contributed by atoms with van der Waals surface area (Å²) in [6, 6.07) is 22.1. The minimum absolute atomic E-state index is 0. The Labute approximate surface area is 159 Å². The molecule has 0 radical (unpaired) electrons. The molecule has 3 nitrogen and oxygen atoms in total. The van der Waals surface area contributed by atoms with E-state index in [4.69, 9.17) is 4.98 Å². The molecule has 0 fully saturated rings. The number of rotatable bonds is 0. The molecule has 0 aliphatic rings. The van der Waals surface area contributed by atoms with Crippen LogP contribution in [-0.2, 0) is 0 Å². The summed E-state index contributed by atoms with van der Waals surface area (Å²) in [5.41, 5.74) is 4.09. The zero-order chi connectivity index (χ0) is 15.7. The van der Waals surface area contributed by atoms with Crippen molar-refractivity contribution in [3.63, 3.8) is 0 Å². The van der Waals surface area contributed by atoms with Crippen molar-refractivity contribution in [3.8, 4) is 0 Å². The van der Waals surface area contributed by atoms with Crippen LogP contribution in [0.5, 0.6) is 0 Å². The molecule has 112 valence electrons. The Morgan fingerprint density at radius 2 is 1.80 bits per heavy atom. The third-order valence-corrected chi connectivity index (χ3v) is 5.67. The maximum absolute atomic E-state index is 4.96. The van der Waals surface area contributed by atoms with E-state index in [1.54, 1.807) is 11.3 Å². The van der Waals surface area contributed by atoms with E-state index in [9.17, 15) is 0 Å². The molecule has 0 saturated carbocycles. The standard InChI is InChI=1S/C20H10N3S.Li/c1-2-8-14-12(6-1)13-7-3-4-9-15(13)23-19(14)22-18-17-16(24-20(18)23)10-5-11-21-17;/h1-7,9-11H;/q-1;+1. The van der Waals surface area contributed by atoms with Gasteiger partial charge in [-0.05, 0) is 23.6 Å². The predicted octanol–water partition coefficient (Wildman–Crippen LogP) is 2.21. The van der Waals surface area contributed by atoms with Gasteiger partial charge in [-0.1, -0.05) is 23.6 Å². The van der Waals surface area contributed by atoms with E-state index < -0.39 is 0 Å². The summed E-state index contributed by atoms with van der Waals surface area (Å²) >= 11 is 1.75. The van der Waals surface area contributed by atoms with Gasteiger partial charge in [-0.2, -0.15) is 0 Å². The van der Waals surface area contributed by atoms with Crippen molar-refractivity contribution < 1.29 is 18.9 Å². The summed E-state index contributed by atoms with van der Waals surface area (Å²) in [4.78, 5) is 10.7. The fourth-order valence-electron chi connectivity index (χ4n) is 3.54. The number of pyridine rings is 2. The second-order valence-corrected chi connectivity index (χ2v) is 6.88. The number of fused-ring (bicyclic) bond motifs is 10. The zero-order valence-electron chi connectivity index (χ0n) is 13.5. The molecule has 0 N–H and O–H groups in total. The number of nitrogens with zero attached hydrogens (tertiary/aromatic N) is 3. The van der Waals surface area contributed by atoms with Crippen LogP contribution in [0.3, 0.4) is 0 Å². The monoisotopic (exact) mass is 331 g/mol. The summed E-state index contributed by atoms with van der Waals surface area (Å²) in [6.45, 7) is 0. The maximum atomic E-state index is 4.96. The van der Waals surface area contributed by atoms with Crippen LogP contribution in [0.4, 0.5) is 0 Å². The van der Waals surface area contributed by atoms with Crippen molar-refractivity contribution in [1.82, 2.24) is 14.4 Å². The second kappa shape index (κ2) is 5.31. The largest absolute Gasteiger partial charge is 1.00 e. The number of hydrogen-bond donors (Lipinski definition) is 0.